The van der Waals surface area contributed by atoms with E-state index in [2.05, 4.69) is 15.3 Å². The Balaban J connectivity index is 1.88. The Kier molecular flexibility index (Phi) is 6.38. The molecule has 29 heavy (non-hydrogen) atoms. The van der Waals surface area contributed by atoms with Crippen molar-refractivity contribution >= 4 is 40.1 Å². The number of hydrogen-bond acceptors (Lipinski definition) is 6. The van der Waals surface area contributed by atoms with Gasteiger partial charge in [-0.2, -0.15) is 11.8 Å². The minimum atomic E-state index is -0.476. The van der Waals surface area contributed by atoms with Crippen molar-refractivity contribution in [2.75, 3.05) is 31.0 Å². The van der Waals surface area contributed by atoms with Gasteiger partial charge in [0.25, 0.3) is 11.6 Å². The van der Waals surface area contributed by atoms with Crippen LogP contribution in [0.15, 0.2) is 42.5 Å². The number of carbonyl (C=O) groups excluding carboxylic acids is 1. The summed E-state index contributed by atoms with van der Waals surface area (Å²) >= 11 is 1.68. The standard InChI is InChI=1S/C20H23N5O3S/c1-24(2)17-9-8-13(12-18(17)25(27)28)20(26)23-16(10-11-29-3)19-21-14-6-4-5-7-15(14)22-19/h4-9,12,16H,10-11H2,1-3H3,(H,21,22)(H,23,26). The summed E-state index contributed by atoms with van der Waals surface area (Å²) in [5.74, 6) is 1.14. The van der Waals surface area contributed by atoms with Gasteiger partial charge >= 0.3 is 0 Å². The lowest BCUT2D eigenvalue weighted by Crippen LogP contribution is -2.30. The Morgan fingerprint density at radius 3 is 2.72 bits per heavy atom. The van der Waals surface area contributed by atoms with Gasteiger partial charge in [0.2, 0.25) is 0 Å². The number of amides is 1. The number of nitrogens with zero attached hydrogens (tertiary/aromatic N) is 3. The van der Waals surface area contributed by atoms with Crippen LogP contribution in [0.3, 0.4) is 0 Å². The van der Waals surface area contributed by atoms with Gasteiger partial charge in [0.1, 0.15) is 11.5 Å². The highest BCUT2D eigenvalue weighted by Gasteiger charge is 2.22. The molecule has 1 amide bonds. The molecule has 0 spiro atoms. The molecular weight excluding hydrogens is 390 g/mol. The molecular formula is C20H23N5O3S. The number of nitrogens with one attached hydrogen (secondary N) is 2. The number of H-pyrrole nitrogens is 1. The Labute approximate surface area is 172 Å². The Morgan fingerprint density at radius 2 is 2.07 bits per heavy atom. The molecule has 1 unspecified atom stereocenters. The lowest BCUT2D eigenvalue weighted by atomic mass is 10.1. The van der Waals surface area contributed by atoms with E-state index in [0.29, 0.717) is 17.9 Å². The van der Waals surface area contributed by atoms with Crippen LogP contribution in [0.5, 0.6) is 0 Å². The summed E-state index contributed by atoms with van der Waals surface area (Å²) in [7, 11) is 3.45. The van der Waals surface area contributed by atoms with E-state index < -0.39 is 4.92 Å². The molecule has 0 aliphatic rings. The van der Waals surface area contributed by atoms with Gasteiger partial charge < -0.3 is 15.2 Å². The number of imidazole rings is 1. The van der Waals surface area contributed by atoms with Crippen LogP contribution in [0.25, 0.3) is 11.0 Å². The number of fused-ring (bicyclic) bond motifs is 1. The van der Waals surface area contributed by atoms with Crippen LogP contribution in [0.2, 0.25) is 0 Å². The van der Waals surface area contributed by atoms with Crippen molar-refractivity contribution in [2.45, 2.75) is 12.5 Å². The lowest BCUT2D eigenvalue weighted by molar-refractivity contribution is -0.384. The van der Waals surface area contributed by atoms with Crippen molar-refractivity contribution < 1.29 is 9.72 Å². The Hall–Kier alpha value is -3.07. The largest absolute Gasteiger partial charge is 0.372 e. The zero-order valence-electron chi connectivity index (χ0n) is 16.5. The van der Waals surface area contributed by atoms with Crippen LogP contribution < -0.4 is 10.2 Å². The number of benzene rings is 2. The van der Waals surface area contributed by atoms with Crippen LogP contribution in [0.4, 0.5) is 11.4 Å². The van der Waals surface area contributed by atoms with Crippen molar-refractivity contribution in [1.82, 2.24) is 15.3 Å². The first kappa shape index (κ1) is 20.7. The molecule has 0 aliphatic carbocycles. The number of nitro benzene ring substituents is 1. The molecule has 0 bridgehead atoms. The second-order valence-corrected chi connectivity index (χ2v) is 7.79. The van der Waals surface area contributed by atoms with E-state index >= 15 is 0 Å². The number of anilines is 1. The number of thioether (sulfide) groups is 1. The van der Waals surface area contributed by atoms with E-state index in [-0.39, 0.29) is 23.2 Å². The molecule has 3 aromatic rings. The highest BCUT2D eigenvalue weighted by atomic mass is 32.2. The van der Waals surface area contributed by atoms with Gasteiger partial charge in [-0.25, -0.2) is 4.98 Å². The third kappa shape index (κ3) is 4.68. The monoisotopic (exact) mass is 413 g/mol. The second kappa shape index (κ2) is 8.95. The summed E-state index contributed by atoms with van der Waals surface area (Å²) in [6.07, 6.45) is 2.69. The number of rotatable bonds is 8. The molecule has 0 saturated carbocycles. The topological polar surface area (TPSA) is 104 Å². The second-order valence-electron chi connectivity index (χ2n) is 6.80. The van der Waals surface area contributed by atoms with Crippen LogP contribution in [0, 0.1) is 10.1 Å². The summed E-state index contributed by atoms with van der Waals surface area (Å²) in [5.41, 5.74) is 2.32. The van der Waals surface area contributed by atoms with Crippen molar-refractivity contribution in [3.63, 3.8) is 0 Å². The smallest absolute Gasteiger partial charge is 0.293 e. The molecule has 2 N–H and O–H groups in total. The fraction of sp³-hybridized carbons (Fsp3) is 0.300. The predicted octanol–water partition coefficient (Wildman–Crippen LogP) is 3.76. The third-order valence-electron chi connectivity index (χ3n) is 4.57. The van der Waals surface area contributed by atoms with E-state index in [1.165, 1.54) is 6.07 Å². The Morgan fingerprint density at radius 1 is 1.31 bits per heavy atom. The molecule has 3 rings (SSSR count). The molecule has 2 aromatic carbocycles. The molecule has 1 heterocycles. The summed E-state index contributed by atoms with van der Waals surface area (Å²) in [6.45, 7) is 0. The van der Waals surface area contributed by atoms with Gasteiger partial charge in [0, 0.05) is 25.7 Å². The first-order valence-electron chi connectivity index (χ1n) is 9.11. The Bertz CT molecular complexity index is 1000. The van der Waals surface area contributed by atoms with Gasteiger partial charge in [0.15, 0.2) is 0 Å². The molecule has 1 aromatic heterocycles. The predicted molar refractivity (Wildman–Crippen MR) is 117 cm³/mol. The van der Waals surface area contributed by atoms with Crippen LogP contribution in [0.1, 0.15) is 28.6 Å². The number of nitro groups is 1. The van der Waals surface area contributed by atoms with Crippen molar-refractivity contribution in [1.29, 1.82) is 0 Å². The number of para-hydroxylation sites is 2. The van der Waals surface area contributed by atoms with Gasteiger partial charge in [-0.15, -0.1) is 0 Å². The van der Waals surface area contributed by atoms with E-state index in [0.717, 1.165) is 16.8 Å². The fourth-order valence-electron chi connectivity index (χ4n) is 3.08. The highest BCUT2D eigenvalue weighted by molar-refractivity contribution is 7.98. The normalized spacial score (nSPS) is 12.0. The zero-order valence-corrected chi connectivity index (χ0v) is 17.3. The van der Waals surface area contributed by atoms with Gasteiger partial charge in [-0.1, -0.05) is 12.1 Å². The average Bonchev–Trinajstić information content (AvgIpc) is 3.14. The third-order valence-corrected chi connectivity index (χ3v) is 5.21. The maximum atomic E-state index is 12.9. The van der Waals surface area contributed by atoms with Crippen LogP contribution in [-0.4, -0.2) is 46.9 Å². The summed E-state index contributed by atoms with van der Waals surface area (Å²) in [5, 5.41) is 14.4. The molecule has 0 radical (unpaired) electrons. The van der Waals surface area contributed by atoms with E-state index in [1.54, 1.807) is 42.9 Å². The summed E-state index contributed by atoms with van der Waals surface area (Å²) in [4.78, 5) is 33.3. The molecule has 1 atom stereocenters. The van der Waals surface area contributed by atoms with Gasteiger partial charge in [-0.05, 0) is 42.7 Å². The van der Waals surface area contributed by atoms with Crippen molar-refractivity contribution in [3.05, 3.63) is 64.0 Å². The maximum Gasteiger partial charge on any atom is 0.293 e. The van der Waals surface area contributed by atoms with E-state index in [9.17, 15) is 14.9 Å². The van der Waals surface area contributed by atoms with Crippen molar-refractivity contribution in [2.24, 2.45) is 0 Å². The zero-order chi connectivity index (χ0) is 21.0. The SMILES string of the molecule is CSCCC(NC(=O)c1ccc(N(C)C)c([N+](=O)[O-])c1)c1nc2ccccc2[nH]1. The minimum absolute atomic E-state index is 0.105. The molecule has 9 heteroatoms. The number of aromatic amines is 1. The molecule has 152 valence electrons. The minimum Gasteiger partial charge on any atom is -0.372 e. The van der Waals surface area contributed by atoms with E-state index in [1.807, 2.05) is 30.5 Å². The summed E-state index contributed by atoms with van der Waals surface area (Å²) < 4.78 is 0. The van der Waals surface area contributed by atoms with Crippen LogP contribution in [-0.2, 0) is 0 Å². The highest BCUT2D eigenvalue weighted by Crippen LogP contribution is 2.28. The molecule has 0 saturated heterocycles. The number of hydrogen-bond donors (Lipinski definition) is 2. The first-order chi connectivity index (χ1) is 13.9. The lowest BCUT2D eigenvalue weighted by Gasteiger charge is -2.17. The quantitative estimate of drug-likeness (QED) is 0.430. The fourth-order valence-corrected chi connectivity index (χ4v) is 3.55. The molecule has 8 nitrogen and oxygen atoms in total. The van der Waals surface area contributed by atoms with Gasteiger partial charge in [0.05, 0.1) is 22.0 Å². The average molecular weight is 414 g/mol. The number of carbonyl (C=O) groups is 1. The van der Waals surface area contributed by atoms with Gasteiger partial charge in [-0.3, -0.25) is 14.9 Å². The van der Waals surface area contributed by atoms with Crippen molar-refractivity contribution in [3.8, 4) is 0 Å². The molecule has 0 aliphatic heterocycles. The first-order valence-corrected chi connectivity index (χ1v) is 10.5. The van der Waals surface area contributed by atoms with E-state index in [4.69, 9.17) is 0 Å². The maximum absolute atomic E-state index is 12.9. The number of aromatic nitrogens is 2. The molecule has 0 fully saturated rings. The van der Waals surface area contributed by atoms with Crippen LogP contribution >= 0.6 is 11.8 Å². The summed E-state index contributed by atoms with van der Waals surface area (Å²) in [6, 6.07) is 11.9.